The summed E-state index contributed by atoms with van der Waals surface area (Å²) in [6, 6.07) is 22.5. The Bertz CT molecular complexity index is 2760. The van der Waals surface area contributed by atoms with Crippen molar-refractivity contribution in [3.8, 4) is 34.6 Å². The van der Waals surface area contributed by atoms with Crippen molar-refractivity contribution in [2.45, 2.75) is 38.6 Å². The normalized spacial score (nSPS) is 12.4. The van der Waals surface area contributed by atoms with Crippen LogP contribution >= 0.6 is 0 Å². The lowest BCUT2D eigenvalue weighted by molar-refractivity contribution is -0.137. The number of benzene rings is 3. The number of rotatable bonds is 9. The van der Waals surface area contributed by atoms with Crippen LogP contribution in [0.15, 0.2) is 91.3 Å². The zero-order valence-corrected chi connectivity index (χ0v) is 29.0. The van der Waals surface area contributed by atoms with Crippen LogP contribution in [0.2, 0.25) is 0 Å². The second-order valence-electron chi connectivity index (χ2n) is 13.5. The van der Waals surface area contributed by atoms with Crippen molar-refractivity contribution in [2.24, 2.45) is 7.05 Å². The maximum Gasteiger partial charge on any atom is 0.319 e. The van der Waals surface area contributed by atoms with E-state index in [0.717, 1.165) is 27.3 Å². The number of fused-ring (bicyclic) bond motifs is 5. The summed E-state index contributed by atoms with van der Waals surface area (Å²) in [6.45, 7) is 3.82. The third kappa shape index (κ3) is 5.72. The molecular weight excluding hydrogens is 674 g/mol. The number of phenols is 2. The van der Waals surface area contributed by atoms with Gasteiger partial charge in [0.2, 0.25) is 0 Å². The van der Waals surface area contributed by atoms with Gasteiger partial charge in [-0.05, 0) is 66.4 Å². The van der Waals surface area contributed by atoms with Crippen LogP contribution in [-0.4, -0.2) is 61.0 Å². The van der Waals surface area contributed by atoms with Crippen LogP contribution in [0.5, 0.6) is 17.5 Å². The fourth-order valence-corrected chi connectivity index (χ4v) is 7.16. The monoisotopic (exact) mass is 709 g/mol. The van der Waals surface area contributed by atoms with Crippen LogP contribution in [0.3, 0.4) is 0 Å². The average Bonchev–Trinajstić information content (AvgIpc) is 3.80. The van der Waals surface area contributed by atoms with E-state index in [1.54, 1.807) is 41.9 Å². The van der Waals surface area contributed by atoms with Crippen molar-refractivity contribution in [3.63, 3.8) is 0 Å². The first-order valence-corrected chi connectivity index (χ1v) is 17.1. The van der Waals surface area contributed by atoms with E-state index >= 15 is 0 Å². The minimum atomic E-state index is -0.979. The number of carbonyl (C=O) groups excluding carboxylic acids is 1. The van der Waals surface area contributed by atoms with E-state index in [-0.39, 0.29) is 41.6 Å². The summed E-state index contributed by atoms with van der Waals surface area (Å²) < 4.78 is 5.13. The molecule has 1 unspecified atom stereocenters. The van der Waals surface area contributed by atoms with Gasteiger partial charge >= 0.3 is 12.0 Å². The van der Waals surface area contributed by atoms with Crippen LogP contribution in [0.25, 0.3) is 55.3 Å². The number of phenolic OH excluding ortho intramolecular Hbond substituents is 2. The maximum absolute atomic E-state index is 14.1. The van der Waals surface area contributed by atoms with Gasteiger partial charge in [-0.1, -0.05) is 43.2 Å². The first-order valence-electron chi connectivity index (χ1n) is 17.1. The van der Waals surface area contributed by atoms with E-state index in [1.807, 2.05) is 67.0 Å². The zero-order valence-electron chi connectivity index (χ0n) is 29.0. The first-order chi connectivity index (χ1) is 25.5. The van der Waals surface area contributed by atoms with Crippen molar-refractivity contribution in [2.75, 3.05) is 0 Å². The Labute approximate surface area is 302 Å². The maximum atomic E-state index is 14.1. The average molecular weight is 710 g/mol. The molecule has 0 fully saturated rings. The number of aliphatic carboxylic acids is 1. The van der Waals surface area contributed by atoms with Crippen LogP contribution in [-0.2, 0) is 11.8 Å². The van der Waals surface area contributed by atoms with Crippen LogP contribution in [0, 0.1) is 0 Å². The van der Waals surface area contributed by atoms with Gasteiger partial charge in [0, 0.05) is 59.2 Å². The number of aryl methyl sites for hydroxylation is 1. The number of aromatic nitrogens is 6. The molecule has 0 aliphatic rings. The zero-order chi connectivity index (χ0) is 37.1. The van der Waals surface area contributed by atoms with Gasteiger partial charge < -0.3 is 34.7 Å². The Hall–Kier alpha value is -6.89. The largest absolute Gasteiger partial charge is 0.508 e. The number of nitrogens with zero attached hydrogens (tertiary/aromatic N) is 6. The predicted octanol–water partition coefficient (Wildman–Crippen LogP) is 6.96. The number of carboxylic acids is 1. The molecular formula is C40H35N7O6. The summed E-state index contributed by atoms with van der Waals surface area (Å²) >= 11 is 0. The number of carbonyl (C=O) groups is 2. The number of para-hydroxylation sites is 1. The molecule has 5 N–H and O–H groups in total. The molecule has 13 heteroatoms. The second kappa shape index (κ2) is 12.7. The molecule has 0 spiro atoms. The fraction of sp³-hybridized carbons (Fsp3) is 0.175. The summed E-state index contributed by atoms with van der Waals surface area (Å²) in [7, 11) is 1.77. The van der Waals surface area contributed by atoms with Gasteiger partial charge in [0.1, 0.15) is 17.2 Å². The van der Waals surface area contributed by atoms with Gasteiger partial charge in [0.25, 0.3) is 5.91 Å². The Kier molecular flexibility index (Phi) is 7.98. The highest BCUT2D eigenvalue weighted by molar-refractivity contribution is 6.02. The van der Waals surface area contributed by atoms with Gasteiger partial charge in [-0.25, -0.2) is 9.55 Å². The lowest BCUT2D eigenvalue weighted by Gasteiger charge is -2.20. The minimum absolute atomic E-state index is 0.0537. The quantitative estimate of drug-likeness (QED) is 0.106. The topological polar surface area (TPSA) is 180 Å². The molecule has 0 aliphatic carbocycles. The van der Waals surface area contributed by atoms with E-state index < -0.39 is 23.9 Å². The Morgan fingerprint density at radius 3 is 2.43 bits per heavy atom. The SMILES string of the molecule is CC(C)c1cc(-c2nnc(O)n2-c2ccc3c(c2)cc(C(=O)NC(CCC(=O)O)c2cccc4cc5cn6ccccc6c5nc24)n3C)c(O)cc1O. The summed E-state index contributed by atoms with van der Waals surface area (Å²) in [6.07, 6.45) is 3.95. The Morgan fingerprint density at radius 1 is 0.811 bits per heavy atom. The number of amides is 1. The second-order valence-corrected chi connectivity index (χ2v) is 13.5. The molecule has 0 radical (unpaired) electrons. The van der Waals surface area contributed by atoms with Crippen molar-refractivity contribution in [1.29, 1.82) is 0 Å². The predicted molar refractivity (Wildman–Crippen MR) is 200 cm³/mol. The molecule has 1 atom stereocenters. The molecule has 0 bridgehead atoms. The highest BCUT2D eigenvalue weighted by Gasteiger charge is 2.25. The van der Waals surface area contributed by atoms with Crippen molar-refractivity contribution in [1.82, 2.24) is 34.0 Å². The number of hydrogen-bond donors (Lipinski definition) is 5. The van der Waals surface area contributed by atoms with Gasteiger partial charge in [0.15, 0.2) is 5.82 Å². The third-order valence-corrected chi connectivity index (χ3v) is 9.82. The summed E-state index contributed by atoms with van der Waals surface area (Å²) in [4.78, 5) is 30.9. The van der Waals surface area contributed by atoms with Crippen molar-refractivity contribution < 1.29 is 30.0 Å². The molecule has 0 saturated carbocycles. The molecule has 5 aromatic heterocycles. The molecule has 266 valence electrons. The smallest absolute Gasteiger partial charge is 0.319 e. The van der Waals surface area contributed by atoms with Crippen LogP contribution in [0.1, 0.15) is 60.3 Å². The minimum Gasteiger partial charge on any atom is -0.508 e. The molecule has 1 amide bonds. The van der Waals surface area contributed by atoms with E-state index in [2.05, 4.69) is 21.6 Å². The molecule has 0 saturated heterocycles. The Morgan fingerprint density at radius 2 is 1.64 bits per heavy atom. The van der Waals surface area contributed by atoms with Gasteiger partial charge in [0.05, 0.1) is 33.8 Å². The van der Waals surface area contributed by atoms with E-state index in [9.17, 15) is 30.0 Å². The van der Waals surface area contributed by atoms with E-state index in [0.29, 0.717) is 33.4 Å². The summed E-state index contributed by atoms with van der Waals surface area (Å²) in [5, 5.41) is 55.2. The molecule has 8 rings (SSSR count). The molecule has 13 nitrogen and oxygen atoms in total. The third-order valence-electron chi connectivity index (χ3n) is 9.82. The molecule has 53 heavy (non-hydrogen) atoms. The highest BCUT2D eigenvalue weighted by Crippen LogP contribution is 2.39. The molecule has 0 aliphatic heterocycles. The number of nitrogens with one attached hydrogen (secondary N) is 1. The number of pyridine rings is 2. The first kappa shape index (κ1) is 33.3. The van der Waals surface area contributed by atoms with Gasteiger partial charge in [-0.2, -0.15) is 0 Å². The van der Waals surface area contributed by atoms with Crippen molar-refractivity contribution in [3.05, 3.63) is 108 Å². The lowest BCUT2D eigenvalue weighted by Crippen LogP contribution is -2.30. The molecule has 8 aromatic rings. The standard InChI is InChI=1S/C40H35N7O6/c1-21(2)27-18-28(34(49)19-33(27)48)38-43-44-40(53)47(38)25-10-12-30-23(16-25)17-32(45(30)3)39(52)41-29(11-13-35(50)51)26-8-6-7-22-15-24-20-46-14-5-4-9-31(46)37(24)42-36(22)26/h4-10,12,14-21,29,48-49H,11,13H2,1-3H3,(H,41,52)(H,44,53)(H,50,51). The lowest BCUT2D eigenvalue weighted by atomic mass is 9.98. The van der Waals surface area contributed by atoms with Gasteiger partial charge in [-0.3, -0.25) is 9.59 Å². The van der Waals surface area contributed by atoms with Crippen LogP contribution < -0.4 is 5.32 Å². The summed E-state index contributed by atoms with van der Waals surface area (Å²) in [5.74, 6) is -1.57. The number of hydrogen-bond acceptors (Lipinski definition) is 8. The van der Waals surface area contributed by atoms with E-state index in [1.165, 1.54) is 10.6 Å². The molecule has 3 aromatic carbocycles. The Balaban J connectivity index is 1.16. The van der Waals surface area contributed by atoms with Gasteiger partial charge in [-0.15, -0.1) is 5.10 Å². The number of carboxylic acid groups (broad SMARTS) is 1. The van der Waals surface area contributed by atoms with E-state index in [4.69, 9.17) is 4.98 Å². The summed E-state index contributed by atoms with van der Waals surface area (Å²) in [5.41, 5.74) is 5.52. The number of aromatic hydroxyl groups is 3. The molecule has 5 heterocycles. The fourth-order valence-electron chi connectivity index (χ4n) is 7.16. The van der Waals surface area contributed by atoms with Crippen LogP contribution in [0.4, 0.5) is 0 Å². The van der Waals surface area contributed by atoms with Crippen molar-refractivity contribution >= 4 is 50.1 Å². The highest BCUT2D eigenvalue weighted by atomic mass is 16.4.